The van der Waals surface area contributed by atoms with Gasteiger partial charge in [-0.3, -0.25) is 0 Å². The normalized spacial score (nSPS) is 11.4. The molecule has 0 aliphatic heterocycles. The molecule has 0 unspecified atom stereocenters. The summed E-state index contributed by atoms with van der Waals surface area (Å²) in [6, 6.07) is 2.18. The summed E-state index contributed by atoms with van der Waals surface area (Å²) < 4.78 is 21.8. The molecule has 0 fully saturated rings. The van der Waals surface area contributed by atoms with Crippen molar-refractivity contribution in [1.82, 2.24) is 4.98 Å². The van der Waals surface area contributed by atoms with E-state index < -0.39 is 21.6 Å². The molecular weight excluding hydrogens is 182 g/mol. The van der Waals surface area contributed by atoms with E-state index in [1.54, 1.807) is 0 Å². The van der Waals surface area contributed by atoms with Crippen LogP contribution in [0.25, 0.3) is 0 Å². The zero-order chi connectivity index (χ0) is 9.35. The van der Waals surface area contributed by atoms with Gasteiger partial charge < -0.3 is 10.2 Å². The van der Waals surface area contributed by atoms with Gasteiger partial charge in [-0.15, -0.1) is 0 Å². The number of hydrogen-bond donors (Lipinski definition) is 2. The van der Waals surface area contributed by atoms with Crippen molar-refractivity contribution in [2.24, 2.45) is 0 Å². The minimum absolute atomic E-state index is 0.291. The molecule has 1 aromatic heterocycles. The first-order chi connectivity index (χ1) is 5.41. The van der Waals surface area contributed by atoms with Crippen molar-refractivity contribution < 1.29 is 18.6 Å². The molecule has 0 amide bonds. The van der Waals surface area contributed by atoms with Gasteiger partial charge in [0.15, 0.2) is 9.84 Å². The Labute approximate surface area is 69.2 Å². The van der Waals surface area contributed by atoms with Gasteiger partial charge in [-0.2, -0.15) is 4.98 Å². The molecule has 12 heavy (non-hydrogen) atoms. The Kier molecular flexibility index (Phi) is 1.93. The van der Waals surface area contributed by atoms with Crippen LogP contribution in [0.4, 0.5) is 0 Å². The molecule has 0 bridgehead atoms. The predicted octanol–water partition coefficient (Wildman–Crippen LogP) is -0.104. The Hall–Kier alpha value is -1.30. The van der Waals surface area contributed by atoms with Gasteiger partial charge in [-0.1, -0.05) is 0 Å². The molecule has 0 aliphatic rings. The fraction of sp³-hybridized carbons (Fsp3) is 0.167. The summed E-state index contributed by atoms with van der Waals surface area (Å²) in [5.74, 6) is -1.10. The van der Waals surface area contributed by atoms with E-state index in [2.05, 4.69) is 4.98 Å². The molecule has 1 rings (SSSR count). The summed E-state index contributed by atoms with van der Waals surface area (Å²) in [5, 5.41) is 17.7. The highest BCUT2D eigenvalue weighted by atomic mass is 32.2. The van der Waals surface area contributed by atoms with E-state index in [1.807, 2.05) is 0 Å². The van der Waals surface area contributed by atoms with Crippen molar-refractivity contribution in [3.8, 4) is 11.8 Å². The maximum atomic E-state index is 10.9. The highest BCUT2D eigenvalue weighted by Crippen LogP contribution is 2.21. The van der Waals surface area contributed by atoms with Crippen LogP contribution in [-0.4, -0.2) is 29.9 Å². The zero-order valence-corrected chi connectivity index (χ0v) is 7.04. The van der Waals surface area contributed by atoms with E-state index in [9.17, 15) is 8.42 Å². The van der Waals surface area contributed by atoms with Gasteiger partial charge in [0, 0.05) is 12.3 Å². The topological polar surface area (TPSA) is 87.5 Å². The maximum Gasteiger partial charge on any atom is 0.233 e. The molecule has 1 aromatic rings. The van der Waals surface area contributed by atoms with Crippen LogP contribution in [0.3, 0.4) is 0 Å². The Morgan fingerprint density at radius 1 is 1.33 bits per heavy atom. The Morgan fingerprint density at radius 3 is 2.33 bits per heavy atom. The van der Waals surface area contributed by atoms with E-state index in [0.29, 0.717) is 0 Å². The van der Waals surface area contributed by atoms with Crippen molar-refractivity contribution in [2.75, 3.05) is 6.26 Å². The first-order valence-electron chi connectivity index (χ1n) is 3.00. The second-order valence-corrected chi connectivity index (χ2v) is 4.25. The lowest BCUT2D eigenvalue weighted by Gasteiger charge is -1.99. The number of sulfone groups is 1. The number of hydrogen-bond acceptors (Lipinski definition) is 5. The summed E-state index contributed by atoms with van der Waals surface area (Å²) in [6.07, 6.45) is 0.945. The third kappa shape index (κ3) is 1.65. The van der Waals surface area contributed by atoms with Crippen molar-refractivity contribution in [3.63, 3.8) is 0 Å². The van der Waals surface area contributed by atoms with Crippen molar-refractivity contribution in [2.45, 2.75) is 4.90 Å². The third-order valence-corrected chi connectivity index (χ3v) is 2.34. The van der Waals surface area contributed by atoms with E-state index in [4.69, 9.17) is 10.2 Å². The van der Waals surface area contributed by atoms with Crippen LogP contribution >= 0.6 is 0 Å². The van der Waals surface area contributed by atoms with Gasteiger partial charge >= 0.3 is 0 Å². The molecule has 1 heterocycles. The highest BCUT2D eigenvalue weighted by molar-refractivity contribution is 7.90. The van der Waals surface area contributed by atoms with Crippen LogP contribution in [0.2, 0.25) is 0 Å². The molecule has 0 aliphatic carbocycles. The maximum absolute atomic E-state index is 10.9. The van der Waals surface area contributed by atoms with Crippen LogP contribution in [0, 0.1) is 0 Å². The lowest BCUT2D eigenvalue weighted by Crippen LogP contribution is -1.98. The van der Waals surface area contributed by atoms with Crippen LogP contribution in [0.1, 0.15) is 0 Å². The van der Waals surface area contributed by atoms with Gasteiger partial charge in [0.05, 0.1) is 0 Å². The zero-order valence-electron chi connectivity index (χ0n) is 6.22. The van der Waals surface area contributed by atoms with Crippen LogP contribution in [-0.2, 0) is 9.84 Å². The number of rotatable bonds is 1. The summed E-state index contributed by atoms with van der Waals surface area (Å²) in [7, 11) is -3.47. The molecular formula is C6H7NO4S. The Morgan fingerprint density at radius 2 is 1.92 bits per heavy atom. The fourth-order valence-corrected chi connectivity index (χ4v) is 1.41. The fourth-order valence-electron chi connectivity index (χ4n) is 0.715. The standard InChI is InChI=1S/C6H7NO4S/c1-12(10,11)4-2-3-5(8)7-6(4)9/h2-3H,1H3,(H2,7,8,9). The SMILES string of the molecule is CS(=O)(=O)c1ccc(O)nc1O. The quantitative estimate of drug-likeness (QED) is 0.644. The highest BCUT2D eigenvalue weighted by Gasteiger charge is 2.13. The molecule has 0 spiro atoms. The minimum atomic E-state index is -3.47. The molecule has 0 saturated carbocycles. The number of nitrogens with zero attached hydrogens (tertiary/aromatic N) is 1. The molecule has 5 nitrogen and oxygen atoms in total. The third-order valence-electron chi connectivity index (χ3n) is 1.22. The molecule has 6 heteroatoms. The second-order valence-electron chi connectivity index (χ2n) is 2.26. The Balaban J connectivity index is 3.39. The van der Waals surface area contributed by atoms with Gasteiger partial charge in [-0.05, 0) is 6.07 Å². The van der Waals surface area contributed by atoms with E-state index in [1.165, 1.54) is 0 Å². The summed E-state index contributed by atoms with van der Waals surface area (Å²) in [4.78, 5) is 2.88. The Bertz CT molecular complexity index is 398. The van der Waals surface area contributed by atoms with E-state index in [0.717, 1.165) is 18.4 Å². The number of pyridine rings is 1. The largest absolute Gasteiger partial charge is 0.493 e. The summed E-state index contributed by atoms with van der Waals surface area (Å²) >= 11 is 0. The average molecular weight is 189 g/mol. The minimum Gasteiger partial charge on any atom is -0.493 e. The monoisotopic (exact) mass is 189 g/mol. The van der Waals surface area contributed by atoms with Crippen molar-refractivity contribution in [1.29, 1.82) is 0 Å². The van der Waals surface area contributed by atoms with E-state index >= 15 is 0 Å². The van der Waals surface area contributed by atoms with Gasteiger partial charge in [-0.25, -0.2) is 8.42 Å². The number of aromatic nitrogens is 1. The van der Waals surface area contributed by atoms with Crippen molar-refractivity contribution in [3.05, 3.63) is 12.1 Å². The molecule has 0 aromatic carbocycles. The van der Waals surface area contributed by atoms with Crippen LogP contribution < -0.4 is 0 Å². The van der Waals surface area contributed by atoms with Crippen molar-refractivity contribution >= 4 is 9.84 Å². The van der Waals surface area contributed by atoms with Crippen LogP contribution in [0.5, 0.6) is 11.8 Å². The lowest BCUT2D eigenvalue weighted by atomic mass is 10.5. The summed E-state index contributed by atoms with van der Waals surface area (Å²) in [5.41, 5.74) is 0. The molecule has 66 valence electrons. The molecule has 0 atom stereocenters. The van der Waals surface area contributed by atoms with Gasteiger partial charge in [0.2, 0.25) is 11.8 Å². The first kappa shape index (κ1) is 8.79. The lowest BCUT2D eigenvalue weighted by molar-refractivity contribution is 0.402. The number of aromatic hydroxyl groups is 2. The van der Waals surface area contributed by atoms with Gasteiger partial charge in [0.1, 0.15) is 4.90 Å². The summed E-state index contributed by atoms with van der Waals surface area (Å²) in [6.45, 7) is 0. The van der Waals surface area contributed by atoms with E-state index in [-0.39, 0.29) is 4.90 Å². The van der Waals surface area contributed by atoms with Gasteiger partial charge in [0.25, 0.3) is 0 Å². The second kappa shape index (κ2) is 2.63. The molecule has 2 N–H and O–H groups in total. The first-order valence-corrected chi connectivity index (χ1v) is 4.89. The molecule has 0 saturated heterocycles. The molecule has 0 radical (unpaired) electrons. The predicted molar refractivity (Wildman–Crippen MR) is 40.7 cm³/mol. The van der Waals surface area contributed by atoms with Crippen LogP contribution in [0.15, 0.2) is 17.0 Å². The average Bonchev–Trinajstić information content (AvgIpc) is 1.83. The smallest absolute Gasteiger partial charge is 0.233 e.